The average Bonchev–Trinajstić information content (AvgIpc) is 3.13. The van der Waals surface area contributed by atoms with Crippen molar-refractivity contribution in [3.8, 4) is 0 Å². The van der Waals surface area contributed by atoms with Gasteiger partial charge in [0.2, 0.25) is 5.91 Å². The van der Waals surface area contributed by atoms with E-state index in [9.17, 15) is 9.59 Å². The summed E-state index contributed by atoms with van der Waals surface area (Å²) in [6.45, 7) is 5.64. The molecule has 1 aliphatic carbocycles. The molecule has 2 rings (SSSR count). The molecule has 3 atom stereocenters. The maximum Gasteiger partial charge on any atom is 0.331 e. The van der Waals surface area contributed by atoms with E-state index in [0.717, 1.165) is 6.42 Å². The van der Waals surface area contributed by atoms with E-state index in [4.69, 9.17) is 4.74 Å². The van der Waals surface area contributed by atoms with Crippen molar-refractivity contribution in [2.75, 3.05) is 7.11 Å². The van der Waals surface area contributed by atoms with Gasteiger partial charge in [-0.2, -0.15) is 0 Å². The number of aryl methyl sites for hydroxylation is 1. The maximum absolute atomic E-state index is 12.3. The van der Waals surface area contributed by atoms with Crippen molar-refractivity contribution >= 4 is 23.2 Å². The van der Waals surface area contributed by atoms with Gasteiger partial charge in [0.05, 0.1) is 7.11 Å². The molecular weight excluding hydrogens is 274 g/mol. The highest BCUT2D eigenvalue weighted by Gasteiger charge is 2.47. The number of esters is 1. The smallest absolute Gasteiger partial charge is 0.331 e. The summed E-state index contributed by atoms with van der Waals surface area (Å²) < 4.78 is 4.77. The average molecular weight is 295 g/mol. The van der Waals surface area contributed by atoms with Crippen LogP contribution < -0.4 is 5.32 Å². The fraction of sp³-hybridized carbons (Fsp3) is 0.600. The Morgan fingerprint density at radius 2 is 2.20 bits per heavy atom. The van der Waals surface area contributed by atoms with Gasteiger partial charge in [0, 0.05) is 21.6 Å². The molecule has 1 fully saturated rings. The number of methoxy groups -OCH3 is 1. The summed E-state index contributed by atoms with van der Waals surface area (Å²) in [6, 6.07) is 4.18. The van der Waals surface area contributed by atoms with Gasteiger partial charge in [-0.05, 0) is 38.8 Å². The topological polar surface area (TPSA) is 55.4 Å². The summed E-state index contributed by atoms with van der Waals surface area (Å²) in [5, 5.41) is 2.85. The molecule has 0 spiro atoms. The van der Waals surface area contributed by atoms with Gasteiger partial charge >= 0.3 is 5.97 Å². The Labute approximate surface area is 123 Å². The number of carbonyl (C=O) groups excluding carboxylic acids is 2. The second-order valence-electron chi connectivity index (χ2n) is 5.56. The first-order valence-corrected chi connectivity index (χ1v) is 7.69. The molecule has 1 heterocycles. The third-order valence-electron chi connectivity index (χ3n) is 4.00. The van der Waals surface area contributed by atoms with E-state index in [1.165, 1.54) is 16.9 Å². The van der Waals surface area contributed by atoms with E-state index >= 15 is 0 Å². The summed E-state index contributed by atoms with van der Waals surface area (Å²) in [5.41, 5.74) is -0.926. The number of hydrogen-bond acceptors (Lipinski definition) is 4. The third kappa shape index (κ3) is 2.87. The molecule has 1 amide bonds. The Bertz CT molecular complexity index is 525. The molecule has 0 unspecified atom stereocenters. The fourth-order valence-corrected chi connectivity index (χ4v) is 3.38. The molecule has 0 aromatic carbocycles. The number of rotatable bonds is 5. The molecule has 1 aliphatic rings. The van der Waals surface area contributed by atoms with E-state index in [1.807, 2.05) is 6.92 Å². The fourth-order valence-electron chi connectivity index (χ4n) is 2.33. The SMILES string of the molecule is CC[C@](C)(NC(=O)[C@@H]1C[C@@H]1c1ccc(C)s1)C(=O)OC. The predicted molar refractivity (Wildman–Crippen MR) is 78.8 cm³/mol. The van der Waals surface area contributed by atoms with Crippen molar-refractivity contribution in [2.24, 2.45) is 5.92 Å². The van der Waals surface area contributed by atoms with Crippen molar-refractivity contribution in [3.63, 3.8) is 0 Å². The van der Waals surface area contributed by atoms with E-state index in [-0.39, 0.29) is 11.8 Å². The first-order chi connectivity index (χ1) is 9.41. The minimum absolute atomic E-state index is 0.0106. The summed E-state index contributed by atoms with van der Waals surface area (Å²) >= 11 is 1.74. The molecule has 0 bridgehead atoms. The molecule has 0 radical (unpaired) electrons. The van der Waals surface area contributed by atoms with Crippen molar-refractivity contribution < 1.29 is 14.3 Å². The largest absolute Gasteiger partial charge is 0.467 e. The van der Waals surface area contributed by atoms with Crippen LogP contribution in [0, 0.1) is 12.8 Å². The quantitative estimate of drug-likeness (QED) is 0.850. The molecule has 4 nitrogen and oxygen atoms in total. The standard InChI is InChI=1S/C15H21NO3S/c1-5-15(3,14(18)19-4)16-13(17)11-8-10(11)12-7-6-9(2)20-12/h6-7,10-11H,5,8H2,1-4H3,(H,16,17)/t10-,11+,15-/m0/s1. The highest BCUT2D eigenvalue weighted by atomic mass is 32.1. The summed E-state index contributed by atoms with van der Waals surface area (Å²) in [4.78, 5) is 26.6. The number of amides is 1. The zero-order chi connectivity index (χ0) is 14.9. The molecule has 1 aromatic rings. The second kappa shape index (κ2) is 5.56. The first-order valence-electron chi connectivity index (χ1n) is 6.88. The minimum atomic E-state index is -0.926. The van der Waals surface area contributed by atoms with E-state index in [0.29, 0.717) is 12.3 Å². The van der Waals surface area contributed by atoms with E-state index in [2.05, 4.69) is 24.4 Å². The van der Waals surface area contributed by atoms with Crippen molar-refractivity contribution in [2.45, 2.75) is 45.1 Å². The predicted octanol–water partition coefficient (Wildman–Crippen LogP) is 2.62. The van der Waals surface area contributed by atoms with Crippen LogP contribution in [0.15, 0.2) is 12.1 Å². The van der Waals surface area contributed by atoms with Crippen LogP contribution in [-0.4, -0.2) is 24.5 Å². The number of hydrogen-bond donors (Lipinski definition) is 1. The second-order valence-corrected chi connectivity index (χ2v) is 6.88. The normalized spacial score (nSPS) is 23.8. The van der Waals surface area contributed by atoms with E-state index in [1.54, 1.807) is 18.3 Å². The van der Waals surface area contributed by atoms with Crippen LogP contribution in [0.4, 0.5) is 0 Å². The first kappa shape index (κ1) is 15.0. The lowest BCUT2D eigenvalue weighted by Crippen LogP contribution is -2.52. The Morgan fingerprint density at radius 3 is 2.70 bits per heavy atom. The highest BCUT2D eigenvalue weighted by molar-refractivity contribution is 7.12. The highest BCUT2D eigenvalue weighted by Crippen LogP contribution is 2.49. The number of carbonyl (C=O) groups is 2. The van der Waals surface area contributed by atoms with E-state index < -0.39 is 11.5 Å². The summed E-state index contributed by atoms with van der Waals surface area (Å²) in [6.07, 6.45) is 1.38. The number of nitrogens with one attached hydrogen (secondary N) is 1. The van der Waals surface area contributed by atoms with Gasteiger partial charge in [-0.3, -0.25) is 4.79 Å². The Hall–Kier alpha value is -1.36. The molecule has 20 heavy (non-hydrogen) atoms. The Kier molecular flexibility index (Phi) is 4.18. The summed E-state index contributed by atoms with van der Waals surface area (Å²) in [7, 11) is 1.34. The lowest BCUT2D eigenvalue weighted by molar-refractivity contribution is -0.150. The molecular formula is C15H21NO3S. The number of thiophene rings is 1. The molecule has 1 aromatic heterocycles. The molecule has 5 heteroatoms. The third-order valence-corrected chi connectivity index (χ3v) is 5.13. The van der Waals surface area contributed by atoms with Crippen molar-refractivity contribution in [3.05, 3.63) is 21.9 Å². The monoisotopic (exact) mass is 295 g/mol. The van der Waals surface area contributed by atoms with Gasteiger partial charge in [-0.25, -0.2) is 4.79 Å². The van der Waals surface area contributed by atoms with Gasteiger partial charge < -0.3 is 10.1 Å². The zero-order valence-electron chi connectivity index (χ0n) is 12.4. The van der Waals surface area contributed by atoms with Crippen LogP contribution in [0.25, 0.3) is 0 Å². The lowest BCUT2D eigenvalue weighted by Gasteiger charge is -2.26. The van der Waals surface area contributed by atoms with Crippen molar-refractivity contribution in [1.29, 1.82) is 0 Å². The maximum atomic E-state index is 12.3. The van der Waals surface area contributed by atoms with Crippen LogP contribution in [0.1, 0.15) is 42.4 Å². The summed E-state index contributed by atoms with van der Waals surface area (Å²) in [5.74, 6) is -0.135. The van der Waals surface area contributed by atoms with Crippen molar-refractivity contribution in [1.82, 2.24) is 5.32 Å². The van der Waals surface area contributed by atoms with Gasteiger partial charge in [0.1, 0.15) is 5.54 Å². The molecule has 110 valence electrons. The van der Waals surface area contributed by atoms with Crippen LogP contribution in [0.2, 0.25) is 0 Å². The van der Waals surface area contributed by atoms with Crippen LogP contribution in [0.5, 0.6) is 0 Å². The lowest BCUT2D eigenvalue weighted by atomic mass is 9.98. The molecule has 1 N–H and O–H groups in total. The Morgan fingerprint density at radius 1 is 1.50 bits per heavy atom. The minimum Gasteiger partial charge on any atom is -0.467 e. The van der Waals surface area contributed by atoms with Crippen LogP contribution in [-0.2, 0) is 14.3 Å². The van der Waals surface area contributed by atoms with Crippen LogP contribution in [0.3, 0.4) is 0 Å². The van der Waals surface area contributed by atoms with Crippen LogP contribution >= 0.6 is 11.3 Å². The van der Waals surface area contributed by atoms with Gasteiger partial charge in [-0.1, -0.05) is 6.92 Å². The molecule has 0 saturated heterocycles. The number of ether oxygens (including phenoxy) is 1. The molecule has 0 aliphatic heterocycles. The van der Waals surface area contributed by atoms with Gasteiger partial charge in [0.25, 0.3) is 0 Å². The van der Waals surface area contributed by atoms with Gasteiger partial charge in [0.15, 0.2) is 0 Å². The van der Waals surface area contributed by atoms with Gasteiger partial charge in [-0.15, -0.1) is 11.3 Å². The zero-order valence-corrected chi connectivity index (χ0v) is 13.2. The Balaban J connectivity index is 1.98. The molecule has 1 saturated carbocycles.